The zero-order chi connectivity index (χ0) is 14.5. The van der Waals surface area contributed by atoms with Gasteiger partial charge in [-0.3, -0.25) is 4.68 Å². The lowest BCUT2D eigenvalue weighted by atomic mass is 9.97. The summed E-state index contributed by atoms with van der Waals surface area (Å²) in [6.45, 7) is 4.33. The van der Waals surface area contributed by atoms with Gasteiger partial charge in [-0.15, -0.1) is 0 Å². The fourth-order valence-electron chi connectivity index (χ4n) is 3.38. The Morgan fingerprint density at radius 1 is 1.40 bits per heavy atom. The summed E-state index contributed by atoms with van der Waals surface area (Å²) in [7, 11) is 3.77. The standard InChI is InChI=1S/C16H29N3O/c1-12(2)19-16(15(20-4)11-18-19)14(17-3)10-9-13-7-5-6-8-13/h11-14,17H,5-10H2,1-4H3. The molecular formula is C16H29N3O. The molecule has 1 aliphatic rings. The first kappa shape index (κ1) is 15.4. The Labute approximate surface area is 122 Å². The molecule has 1 fully saturated rings. The summed E-state index contributed by atoms with van der Waals surface area (Å²) < 4.78 is 7.60. The van der Waals surface area contributed by atoms with Gasteiger partial charge >= 0.3 is 0 Å². The van der Waals surface area contributed by atoms with Gasteiger partial charge in [-0.2, -0.15) is 5.10 Å². The van der Waals surface area contributed by atoms with Gasteiger partial charge in [-0.1, -0.05) is 25.7 Å². The quantitative estimate of drug-likeness (QED) is 0.827. The van der Waals surface area contributed by atoms with Crippen LogP contribution in [-0.2, 0) is 0 Å². The number of ether oxygens (including phenoxy) is 1. The number of nitrogens with one attached hydrogen (secondary N) is 1. The average molecular weight is 279 g/mol. The van der Waals surface area contributed by atoms with Gasteiger partial charge in [0, 0.05) is 6.04 Å². The summed E-state index contributed by atoms with van der Waals surface area (Å²) in [6, 6.07) is 0.687. The third-order valence-corrected chi connectivity index (χ3v) is 4.52. The van der Waals surface area contributed by atoms with Crippen LogP contribution in [0, 0.1) is 5.92 Å². The highest BCUT2D eigenvalue weighted by atomic mass is 16.5. The van der Waals surface area contributed by atoms with E-state index in [1.165, 1.54) is 37.8 Å². The molecule has 1 heterocycles. The Morgan fingerprint density at radius 3 is 2.65 bits per heavy atom. The second kappa shape index (κ2) is 7.11. The van der Waals surface area contributed by atoms with Crippen LogP contribution in [0.3, 0.4) is 0 Å². The zero-order valence-corrected chi connectivity index (χ0v) is 13.4. The van der Waals surface area contributed by atoms with E-state index in [4.69, 9.17) is 4.74 Å². The zero-order valence-electron chi connectivity index (χ0n) is 13.4. The Bertz CT molecular complexity index is 408. The van der Waals surface area contributed by atoms with Crippen LogP contribution in [0.2, 0.25) is 0 Å². The second-order valence-electron chi connectivity index (χ2n) is 6.21. The highest BCUT2D eigenvalue weighted by Crippen LogP contribution is 2.34. The lowest BCUT2D eigenvalue weighted by molar-refractivity contribution is 0.366. The van der Waals surface area contributed by atoms with Crippen molar-refractivity contribution in [1.29, 1.82) is 0 Å². The molecule has 0 bridgehead atoms. The maximum absolute atomic E-state index is 5.51. The number of hydrogen-bond acceptors (Lipinski definition) is 3. The van der Waals surface area contributed by atoms with Crippen molar-refractivity contribution in [1.82, 2.24) is 15.1 Å². The Hall–Kier alpha value is -1.03. The fraction of sp³-hybridized carbons (Fsp3) is 0.812. The van der Waals surface area contributed by atoms with E-state index in [0.29, 0.717) is 12.1 Å². The van der Waals surface area contributed by atoms with Gasteiger partial charge in [0.1, 0.15) is 0 Å². The van der Waals surface area contributed by atoms with Crippen LogP contribution in [0.5, 0.6) is 5.75 Å². The molecule has 0 amide bonds. The van der Waals surface area contributed by atoms with Crippen molar-refractivity contribution in [3.05, 3.63) is 11.9 Å². The molecule has 0 aromatic carbocycles. The van der Waals surface area contributed by atoms with Crippen LogP contribution in [0.1, 0.15) is 70.2 Å². The third-order valence-electron chi connectivity index (χ3n) is 4.52. The number of hydrogen-bond donors (Lipinski definition) is 1. The van der Waals surface area contributed by atoms with Crippen molar-refractivity contribution in [2.75, 3.05) is 14.2 Å². The normalized spacial score (nSPS) is 17.9. The van der Waals surface area contributed by atoms with Gasteiger partial charge < -0.3 is 10.1 Å². The molecule has 1 aromatic rings. The van der Waals surface area contributed by atoms with Crippen LogP contribution in [-0.4, -0.2) is 23.9 Å². The molecule has 1 saturated carbocycles. The van der Waals surface area contributed by atoms with Crippen LogP contribution in [0.15, 0.2) is 6.20 Å². The first-order valence-electron chi connectivity index (χ1n) is 7.96. The smallest absolute Gasteiger partial charge is 0.161 e. The minimum atomic E-state index is 0.329. The van der Waals surface area contributed by atoms with Crippen LogP contribution in [0.4, 0.5) is 0 Å². The summed E-state index contributed by atoms with van der Waals surface area (Å²) in [4.78, 5) is 0. The van der Waals surface area contributed by atoms with Crippen molar-refractivity contribution in [2.45, 2.75) is 64.5 Å². The summed E-state index contributed by atoms with van der Waals surface area (Å²) in [5.74, 6) is 1.83. The molecule has 4 nitrogen and oxygen atoms in total. The van der Waals surface area contributed by atoms with Crippen LogP contribution < -0.4 is 10.1 Å². The van der Waals surface area contributed by atoms with Gasteiger partial charge in [0.15, 0.2) is 5.75 Å². The predicted octanol–water partition coefficient (Wildman–Crippen LogP) is 3.70. The lowest BCUT2D eigenvalue weighted by Crippen LogP contribution is -2.22. The number of aromatic nitrogens is 2. The number of nitrogens with zero attached hydrogens (tertiary/aromatic N) is 2. The van der Waals surface area contributed by atoms with Crippen LogP contribution in [0.25, 0.3) is 0 Å². The molecule has 1 atom stereocenters. The predicted molar refractivity (Wildman–Crippen MR) is 82.2 cm³/mol. The van der Waals surface area contributed by atoms with Crippen molar-refractivity contribution in [3.8, 4) is 5.75 Å². The molecule has 1 N–H and O–H groups in total. The van der Waals surface area contributed by atoms with Crippen molar-refractivity contribution >= 4 is 0 Å². The van der Waals surface area contributed by atoms with Crippen molar-refractivity contribution < 1.29 is 4.74 Å². The van der Waals surface area contributed by atoms with E-state index >= 15 is 0 Å². The van der Waals surface area contributed by atoms with E-state index in [1.54, 1.807) is 7.11 Å². The average Bonchev–Trinajstić information content (AvgIpc) is 3.08. The molecule has 0 radical (unpaired) electrons. The van der Waals surface area contributed by atoms with Gasteiger partial charge in [-0.25, -0.2) is 0 Å². The Morgan fingerprint density at radius 2 is 2.10 bits per heavy atom. The third kappa shape index (κ3) is 3.35. The molecule has 1 aliphatic carbocycles. The molecule has 4 heteroatoms. The monoisotopic (exact) mass is 279 g/mol. The molecule has 2 rings (SSSR count). The molecule has 0 spiro atoms. The molecule has 114 valence electrons. The van der Waals surface area contributed by atoms with E-state index in [1.807, 2.05) is 13.2 Å². The molecule has 1 aromatic heterocycles. The lowest BCUT2D eigenvalue weighted by Gasteiger charge is -2.22. The summed E-state index contributed by atoms with van der Waals surface area (Å²) in [6.07, 6.45) is 9.97. The van der Waals surface area contributed by atoms with Gasteiger partial charge in [0.2, 0.25) is 0 Å². The first-order chi connectivity index (χ1) is 9.67. The highest BCUT2D eigenvalue weighted by molar-refractivity contribution is 5.28. The van der Waals surface area contributed by atoms with Crippen molar-refractivity contribution in [3.63, 3.8) is 0 Å². The van der Waals surface area contributed by atoms with Gasteiger partial charge in [-0.05, 0) is 39.7 Å². The van der Waals surface area contributed by atoms with E-state index in [9.17, 15) is 0 Å². The maximum atomic E-state index is 5.51. The highest BCUT2D eigenvalue weighted by Gasteiger charge is 2.24. The summed E-state index contributed by atoms with van der Waals surface area (Å²) in [5.41, 5.74) is 1.20. The maximum Gasteiger partial charge on any atom is 0.161 e. The van der Waals surface area contributed by atoms with Gasteiger partial charge in [0.25, 0.3) is 0 Å². The fourth-order valence-corrected chi connectivity index (χ4v) is 3.38. The molecule has 20 heavy (non-hydrogen) atoms. The SMILES string of the molecule is CNC(CCC1CCCC1)c1c(OC)cnn1C(C)C. The number of rotatable bonds is 7. The molecule has 0 saturated heterocycles. The second-order valence-corrected chi connectivity index (χ2v) is 6.21. The summed E-state index contributed by atoms with van der Waals surface area (Å²) in [5, 5.41) is 7.94. The molecular weight excluding hydrogens is 250 g/mol. The topological polar surface area (TPSA) is 39.1 Å². The van der Waals surface area contributed by atoms with E-state index in [-0.39, 0.29) is 0 Å². The first-order valence-corrected chi connectivity index (χ1v) is 7.96. The molecule has 0 aliphatic heterocycles. The summed E-state index contributed by atoms with van der Waals surface area (Å²) >= 11 is 0. The van der Waals surface area contributed by atoms with E-state index in [0.717, 1.165) is 18.1 Å². The van der Waals surface area contributed by atoms with E-state index in [2.05, 4.69) is 28.9 Å². The van der Waals surface area contributed by atoms with Crippen molar-refractivity contribution in [2.24, 2.45) is 5.92 Å². The minimum Gasteiger partial charge on any atom is -0.493 e. The minimum absolute atomic E-state index is 0.329. The molecule has 1 unspecified atom stereocenters. The van der Waals surface area contributed by atoms with E-state index < -0.39 is 0 Å². The number of methoxy groups -OCH3 is 1. The van der Waals surface area contributed by atoms with Crippen LogP contribution >= 0.6 is 0 Å². The Kier molecular flexibility index (Phi) is 5.46. The Balaban J connectivity index is 2.10. The van der Waals surface area contributed by atoms with Gasteiger partial charge in [0.05, 0.1) is 25.0 Å². The largest absolute Gasteiger partial charge is 0.493 e.